The third kappa shape index (κ3) is 7.31. The van der Waals surface area contributed by atoms with E-state index in [0.717, 1.165) is 133 Å². The largest absolute Gasteiger partial charge is 0.455 e. The first-order valence-corrected chi connectivity index (χ1v) is 25.2. The second-order valence-corrected chi connectivity index (χ2v) is 18.8. The minimum atomic E-state index is 0.822. The lowest BCUT2D eigenvalue weighted by molar-refractivity contribution is 0.632. The highest BCUT2D eigenvalue weighted by atomic mass is 16.3. The highest BCUT2D eigenvalue weighted by Crippen LogP contribution is 2.50. The fraction of sp³-hybridized carbons (Fsp3) is 0. The molecule has 2 heterocycles. The fourth-order valence-corrected chi connectivity index (χ4v) is 11.1. The summed E-state index contributed by atoms with van der Waals surface area (Å²) in [7, 11) is 0. The van der Waals surface area contributed by atoms with Crippen LogP contribution in [0.15, 0.2) is 288 Å². The van der Waals surface area contributed by atoms with E-state index in [-0.39, 0.29) is 0 Å². The standard InChI is InChI=1S/C70H46N2O2/c1-7-23-47(24-8-1)67-59-41-39-53(43-65(59)73-69(67)49-27-11-3-12-28-49)71(51-31-15-5-16-32-51)63-45-61-56-36-20-22-38-58(56)64(46-62(61)55-35-19-21-37-57(55)63)72(52-33-17-6-18-34-52)54-40-42-60-66(44-54)74-70(50-29-13-4-14-30-50)68(60)48-25-9-2-10-26-48/h1-46H. The van der Waals surface area contributed by atoms with Gasteiger partial charge in [-0.3, -0.25) is 0 Å². The molecule has 74 heavy (non-hydrogen) atoms. The molecule has 0 radical (unpaired) electrons. The summed E-state index contributed by atoms with van der Waals surface area (Å²) in [6.07, 6.45) is 0. The fourth-order valence-electron chi connectivity index (χ4n) is 11.1. The van der Waals surface area contributed by atoms with Crippen LogP contribution in [0.25, 0.3) is 99.2 Å². The molecule has 0 amide bonds. The van der Waals surface area contributed by atoms with Crippen LogP contribution in [0, 0.1) is 0 Å². The molecule has 348 valence electrons. The maximum Gasteiger partial charge on any atom is 0.143 e. The molecule has 0 bridgehead atoms. The second kappa shape index (κ2) is 18.1. The quantitative estimate of drug-likeness (QED) is 0.128. The van der Waals surface area contributed by atoms with Gasteiger partial charge in [-0.25, -0.2) is 0 Å². The van der Waals surface area contributed by atoms with Crippen molar-refractivity contribution in [2.75, 3.05) is 9.80 Å². The van der Waals surface area contributed by atoms with Crippen molar-refractivity contribution < 1.29 is 8.83 Å². The molecule has 4 heteroatoms. The van der Waals surface area contributed by atoms with Crippen LogP contribution in [0.2, 0.25) is 0 Å². The predicted octanol–water partition coefficient (Wildman–Crippen LogP) is 20.2. The van der Waals surface area contributed by atoms with Crippen molar-refractivity contribution in [1.29, 1.82) is 0 Å². The Labute approximate surface area is 428 Å². The summed E-state index contributed by atoms with van der Waals surface area (Å²) < 4.78 is 13.9. The van der Waals surface area contributed by atoms with Crippen LogP contribution in [0.4, 0.5) is 34.1 Å². The lowest BCUT2D eigenvalue weighted by Crippen LogP contribution is -2.11. The van der Waals surface area contributed by atoms with E-state index in [1.807, 2.05) is 12.1 Å². The highest BCUT2D eigenvalue weighted by molar-refractivity contribution is 6.25. The Morgan fingerprint density at radius 1 is 0.216 bits per heavy atom. The summed E-state index contributed by atoms with van der Waals surface area (Å²) in [6, 6.07) is 99.2. The van der Waals surface area contributed by atoms with E-state index in [1.165, 1.54) is 0 Å². The summed E-state index contributed by atoms with van der Waals surface area (Å²) in [4.78, 5) is 4.78. The molecule has 0 saturated heterocycles. The number of hydrogen-bond acceptors (Lipinski definition) is 4. The van der Waals surface area contributed by atoms with E-state index in [9.17, 15) is 0 Å². The zero-order valence-electron chi connectivity index (χ0n) is 40.3. The van der Waals surface area contributed by atoms with E-state index in [1.54, 1.807) is 0 Å². The molecule has 12 aromatic carbocycles. The Kier molecular flexibility index (Phi) is 10.5. The molecule has 0 fully saturated rings. The number of nitrogens with zero attached hydrogens (tertiary/aromatic N) is 2. The van der Waals surface area contributed by atoms with Crippen molar-refractivity contribution in [2.45, 2.75) is 0 Å². The molecular formula is C70H46N2O2. The van der Waals surface area contributed by atoms with E-state index >= 15 is 0 Å². The van der Waals surface area contributed by atoms with Crippen molar-refractivity contribution in [1.82, 2.24) is 0 Å². The Morgan fingerprint density at radius 2 is 0.527 bits per heavy atom. The van der Waals surface area contributed by atoms with Crippen LogP contribution < -0.4 is 9.80 Å². The normalized spacial score (nSPS) is 11.5. The lowest BCUT2D eigenvalue weighted by Gasteiger charge is -2.29. The minimum absolute atomic E-state index is 0.822. The number of anilines is 6. The second-order valence-electron chi connectivity index (χ2n) is 18.8. The molecule has 0 aliphatic heterocycles. The number of furan rings is 2. The van der Waals surface area contributed by atoms with E-state index < -0.39 is 0 Å². The molecule has 14 aromatic rings. The van der Waals surface area contributed by atoms with Crippen molar-refractivity contribution >= 4 is 88.4 Å². The summed E-state index contributed by atoms with van der Waals surface area (Å²) in [5.41, 5.74) is 14.4. The van der Waals surface area contributed by atoms with Gasteiger partial charge in [-0.05, 0) is 93.3 Å². The van der Waals surface area contributed by atoms with E-state index in [2.05, 4.69) is 277 Å². The van der Waals surface area contributed by atoms with Gasteiger partial charge in [-0.15, -0.1) is 0 Å². The van der Waals surface area contributed by atoms with Crippen molar-refractivity contribution in [3.8, 4) is 44.9 Å². The van der Waals surface area contributed by atoms with Gasteiger partial charge >= 0.3 is 0 Å². The van der Waals surface area contributed by atoms with Crippen LogP contribution in [0.3, 0.4) is 0 Å². The number of hydrogen-bond donors (Lipinski definition) is 0. The average molecular weight is 947 g/mol. The first-order chi connectivity index (χ1) is 36.7. The van der Waals surface area contributed by atoms with E-state index in [0.29, 0.717) is 0 Å². The zero-order valence-corrected chi connectivity index (χ0v) is 40.3. The lowest BCUT2D eigenvalue weighted by atomic mass is 9.93. The summed E-state index contributed by atoms with van der Waals surface area (Å²) in [5, 5.41) is 9.01. The molecule has 0 aliphatic rings. The monoisotopic (exact) mass is 946 g/mol. The van der Waals surface area contributed by atoms with Crippen molar-refractivity contribution in [3.05, 3.63) is 279 Å². The number of rotatable bonds is 10. The molecule has 0 N–H and O–H groups in total. The van der Waals surface area contributed by atoms with E-state index in [4.69, 9.17) is 8.83 Å². The summed E-state index contributed by atoms with van der Waals surface area (Å²) in [5.74, 6) is 1.72. The van der Waals surface area contributed by atoms with Crippen LogP contribution >= 0.6 is 0 Å². The smallest absolute Gasteiger partial charge is 0.143 e. The Balaban J connectivity index is 0.983. The molecule has 0 aliphatic carbocycles. The molecule has 0 atom stereocenters. The average Bonchev–Trinajstić information content (AvgIpc) is 4.06. The zero-order chi connectivity index (χ0) is 49.0. The van der Waals surface area contributed by atoms with Gasteiger partial charge in [0.2, 0.25) is 0 Å². The first kappa shape index (κ1) is 42.9. The molecule has 0 saturated carbocycles. The number of fused-ring (bicyclic) bond motifs is 7. The molecule has 2 aromatic heterocycles. The highest BCUT2D eigenvalue weighted by Gasteiger charge is 2.26. The van der Waals surface area contributed by atoms with Crippen LogP contribution in [0.1, 0.15) is 0 Å². The Bertz CT molecular complexity index is 4060. The number of benzene rings is 12. The Hall–Kier alpha value is -9.90. The van der Waals surface area contributed by atoms with Gasteiger partial charge in [0.15, 0.2) is 0 Å². The summed E-state index contributed by atoms with van der Waals surface area (Å²) >= 11 is 0. The van der Waals surface area contributed by atoms with Gasteiger partial charge in [0.25, 0.3) is 0 Å². The van der Waals surface area contributed by atoms with Crippen LogP contribution in [-0.2, 0) is 0 Å². The summed E-state index contributed by atoms with van der Waals surface area (Å²) in [6.45, 7) is 0. The van der Waals surface area contributed by atoms with Gasteiger partial charge in [-0.2, -0.15) is 0 Å². The van der Waals surface area contributed by atoms with Crippen LogP contribution in [0.5, 0.6) is 0 Å². The van der Waals surface area contributed by atoms with Gasteiger partial charge in [0, 0.05) is 78.7 Å². The van der Waals surface area contributed by atoms with Crippen molar-refractivity contribution in [3.63, 3.8) is 0 Å². The SMILES string of the molecule is c1ccc(-c2oc3cc(N(c4ccccc4)c4cc5c6ccccc6c(N(c6ccccc6)c6ccc7c(-c8ccccc8)c(-c8ccccc8)oc7c6)cc5c5ccccc45)ccc3c2-c2ccccc2)cc1. The molecule has 0 unspecified atom stereocenters. The van der Waals surface area contributed by atoms with Gasteiger partial charge in [-0.1, -0.05) is 206 Å². The third-order valence-electron chi connectivity index (χ3n) is 14.4. The minimum Gasteiger partial charge on any atom is -0.455 e. The van der Waals surface area contributed by atoms with Crippen LogP contribution in [-0.4, -0.2) is 0 Å². The Morgan fingerprint density at radius 3 is 0.892 bits per heavy atom. The topological polar surface area (TPSA) is 32.8 Å². The van der Waals surface area contributed by atoms with Gasteiger partial charge in [0.05, 0.1) is 11.4 Å². The van der Waals surface area contributed by atoms with Gasteiger partial charge in [0.1, 0.15) is 22.7 Å². The molecule has 0 spiro atoms. The third-order valence-corrected chi connectivity index (χ3v) is 14.4. The first-order valence-electron chi connectivity index (χ1n) is 25.2. The van der Waals surface area contributed by atoms with Gasteiger partial charge < -0.3 is 18.6 Å². The molecular weight excluding hydrogens is 901 g/mol. The number of para-hydroxylation sites is 2. The molecule has 14 rings (SSSR count). The maximum absolute atomic E-state index is 6.96. The molecule has 4 nitrogen and oxygen atoms in total. The predicted molar refractivity (Wildman–Crippen MR) is 310 cm³/mol. The van der Waals surface area contributed by atoms with Crippen molar-refractivity contribution in [2.24, 2.45) is 0 Å². The maximum atomic E-state index is 6.96.